The van der Waals surface area contributed by atoms with E-state index in [-0.39, 0.29) is 11.0 Å². The zero-order chi connectivity index (χ0) is 19.5. The van der Waals surface area contributed by atoms with Crippen LogP contribution in [0.3, 0.4) is 0 Å². The molecule has 2 N–H and O–H groups in total. The van der Waals surface area contributed by atoms with E-state index in [9.17, 15) is 4.79 Å². The predicted octanol–water partition coefficient (Wildman–Crippen LogP) is 5.26. The number of aromatic nitrogens is 1. The summed E-state index contributed by atoms with van der Waals surface area (Å²) in [5, 5.41) is 8.39. The van der Waals surface area contributed by atoms with Crippen molar-refractivity contribution in [3.63, 3.8) is 0 Å². The molecular formula is C20H14ClN3O2S2. The maximum absolute atomic E-state index is 12.0. The highest BCUT2D eigenvalue weighted by atomic mass is 35.5. The van der Waals surface area contributed by atoms with Gasteiger partial charge in [-0.25, -0.2) is 4.98 Å². The Kier molecular flexibility index (Phi) is 5.38. The number of anilines is 1. The van der Waals surface area contributed by atoms with Crippen molar-refractivity contribution in [1.29, 1.82) is 0 Å². The van der Waals surface area contributed by atoms with Gasteiger partial charge in [-0.15, -0.1) is 11.3 Å². The number of benzene rings is 2. The number of thiocarbonyl (C=S) groups is 1. The highest BCUT2D eigenvalue weighted by Gasteiger charge is 2.10. The summed E-state index contributed by atoms with van der Waals surface area (Å²) in [5.74, 6) is 0.400. The van der Waals surface area contributed by atoms with E-state index in [0.717, 1.165) is 16.8 Å². The Bertz CT molecular complexity index is 1140. The molecule has 0 radical (unpaired) electrons. The van der Waals surface area contributed by atoms with Crippen LogP contribution in [-0.4, -0.2) is 16.0 Å². The molecule has 140 valence electrons. The Morgan fingerprint density at radius 1 is 1.18 bits per heavy atom. The second-order valence-electron chi connectivity index (χ2n) is 5.98. The summed E-state index contributed by atoms with van der Waals surface area (Å²) >= 11 is 12.5. The van der Waals surface area contributed by atoms with Crippen molar-refractivity contribution in [2.45, 2.75) is 6.42 Å². The zero-order valence-electron chi connectivity index (χ0n) is 14.4. The molecule has 0 saturated heterocycles. The highest BCUT2D eigenvalue weighted by molar-refractivity contribution is 7.80. The molecule has 4 rings (SSSR count). The molecule has 2 heterocycles. The molecule has 0 aliphatic heterocycles. The van der Waals surface area contributed by atoms with E-state index in [0.29, 0.717) is 27.8 Å². The smallest absolute Gasteiger partial charge is 0.267 e. The van der Waals surface area contributed by atoms with Crippen LogP contribution >= 0.6 is 35.2 Å². The van der Waals surface area contributed by atoms with Gasteiger partial charge in [-0.2, -0.15) is 0 Å². The van der Waals surface area contributed by atoms with Crippen molar-refractivity contribution in [3.8, 4) is 0 Å². The minimum absolute atomic E-state index is 0.222. The van der Waals surface area contributed by atoms with Gasteiger partial charge in [-0.3, -0.25) is 10.1 Å². The van der Waals surface area contributed by atoms with E-state index >= 15 is 0 Å². The summed E-state index contributed by atoms with van der Waals surface area (Å²) in [6.45, 7) is 0. The van der Waals surface area contributed by atoms with Crippen molar-refractivity contribution in [2.75, 3.05) is 5.32 Å². The van der Waals surface area contributed by atoms with Gasteiger partial charge in [-0.1, -0.05) is 29.8 Å². The number of oxazole rings is 1. The van der Waals surface area contributed by atoms with E-state index in [1.54, 1.807) is 18.2 Å². The number of carbonyl (C=O) groups is 1. The molecule has 0 aliphatic carbocycles. The third kappa shape index (κ3) is 4.39. The number of carbonyl (C=O) groups excluding carboxylic acids is 1. The first kappa shape index (κ1) is 18.6. The lowest BCUT2D eigenvalue weighted by Gasteiger charge is -2.09. The molecule has 4 aromatic rings. The summed E-state index contributed by atoms with van der Waals surface area (Å²) in [4.78, 5) is 17.1. The molecule has 0 aliphatic rings. The van der Waals surface area contributed by atoms with Gasteiger partial charge in [0.1, 0.15) is 5.52 Å². The van der Waals surface area contributed by atoms with Gasteiger partial charge in [0.15, 0.2) is 16.6 Å². The molecule has 2 aromatic heterocycles. The Labute approximate surface area is 175 Å². The van der Waals surface area contributed by atoms with Gasteiger partial charge in [0, 0.05) is 17.1 Å². The SMILES string of the molecule is O=C(NC(=S)Nc1ccc(Cc2nc3cc(Cl)ccc3o2)cc1)c1cccs1. The fourth-order valence-electron chi connectivity index (χ4n) is 2.64. The molecule has 8 heteroatoms. The number of hydrogen-bond acceptors (Lipinski definition) is 5. The molecule has 0 saturated carbocycles. The van der Waals surface area contributed by atoms with E-state index in [4.69, 9.17) is 28.2 Å². The van der Waals surface area contributed by atoms with Crippen molar-refractivity contribution < 1.29 is 9.21 Å². The molecule has 1 amide bonds. The third-order valence-corrected chi connectivity index (χ3v) is 5.24. The van der Waals surface area contributed by atoms with Gasteiger partial charge in [0.25, 0.3) is 5.91 Å². The van der Waals surface area contributed by atoms with Gasteiger partial charge >= 0.3 is 0 Å². The number of rotatable bonds is 4. The molecule has 0 atom stereocenters. The van der Waals surface area contributed by atoms with Crippen LogP contribution in [0, 0.1) is 0 Å². The number of amides is 1. The van der Waals surface area contributed by atoms with Gasteiger partial charge < -0.3 is 9.73 Å². The summed E-state index contributed by atoms with van der Waals surface area (Å²) in [5.41, 5.74) is 3.28. The second kappa shape index (κ2) is 8.10. The maximum atomic E-state index is 12.0. The first-order valence-corrected chi connectivity index (χ1v) is 10.0. The minimum atomic E-state index is -0.222. The standard InChI is InChI=1S/C20H14ClN3O2S2/c21-13-5-8-16-15(11-13)23-18(26-16)10-12-3-6-14(7-4-12)22-20(27)24-19(25)17-2-1-9-28-17/h1-9,11H,10H2,(H2,22,24,25,27). The largest absolute Gasteiger partial charge is 0.440 e. The quantitative estimate of drug-likeness (QED) is 0.435. The fraction of sp³-hybridized carbons (Fsp3) is 0.0500. The molecule has 28 heavy (non-hydrogen) atoms. The van der Waals surface area contributed by atoms with Crippen molar-refractivity contribution in [1.82, 2.24) is 10.3 Å². The van der Waals surface area contributed by atoms with Crippen LogP contribution in [0.25, 0.3) is 11.1 Å². The number of halogens is 1. The average Bonchev–Trinajstić information content (AvgIpc) is 3.32. The number of nitrogens with zero attached hydrogens (tertiary/aromatic N) is 1. The maximum Gasteiger partial charge on any atom is 0.267 e. The van der Waals surface area contributed by atoms with E-state index in [2.05, 4.69) is 15.6 Å². The Morgan fingerprint density at radius 2 is 2.00 bits per heavy atom. The third-order valence-electron chi connectivity index (χ3n) is 3.93. The lowest BCUT2D eigenvalue weighted by Crippen LogP contribution is -2.33. The molecule has 2 aromatic carbocycles. The van der Waals surface area contributed by atoms with Crippen LogP contribution in [0.2, 0.25) is 5.02 Å². The Hall–Kier alpha value is -2.74. The minimum Gasteiger partial charge on any atom is -0.440 e. The lowest BCUT2D eigenvalue weighted by molar-refractivity contribution is 0.0981. The molecule has 5 nitrogen and oxygen atoms in total. The summed E-state index contributed by atoms with van der Waals surface area (Å²) in [6.07, 6.45) is 0.562. The second-order valence-corrected chi connectivity index (χ2v) is 7.77. The first-order chi connectivity index (χ1) is 13.6. The van der Waals surface area contributed by atoms with Crippen LogP contribution in [0.15, 0.2) is 64.4 Å². The summed E-state index contributed by atoms with van der Waals surface area (Å²) < 4.78 is 5.75. The van der Waals surface area contributed by atoms with E-state index in [1.807, 2.05) is 41.8 Å². The zero-order valence-corrected chi connectivity index (χ0v) is 16.8. The first-order valence-electron chi connectivity index (χ1n) is 8.36. The molecular weight excluding hydrogens is 414 g/mol. The number of hydrogen-bond donors (Lipinski definition) is 2. The number of fused-ring (bicyclic) bond motifs is 1. The van der Waals surface area contributed by atoms with Crippen molar-refractivity contribution >= 4 is 63.0 Å². The van der Waals surface area contributed by atoms with Crippen LogP contribution in [0.4, 0.5) is 5.69 Å². The van der Waals surface area contributed by atoms with Gasteiger partial charge in [0.05, 0.1) is 4.88 Å². The van der Waals surface area contributed by atoms with Gasteiger partial charge in [-0.05, 0) is 59.6 Å². The van der Waals surface area contributed by atoms with Gasteiger partial charge in [0.2, 0.25) is 0 Å². The normalized spacial score (nSPS) is 10.8. The van der Waals surface area contributed by atoms with Crippen LogP contribution in [0.1, 0.15) is 21.1 Å². The van der Waals surface area contributed by atoms with Crippen LogP contribution < -0.4 is 10.6 Å². The molecule has 0 spiro atoms. The lowest BCUT2D eigenvalue weighted by atomic mass is 10.1. The Morgan fingerprint density at radius 3 is 2.75 bits per heavy atom. The summed E-state index contributed by atoms with van der Waals surface area (Å²) in [7, 11) is 0. The summed E-state index contributed by atoms with van der Waals surface area (Å²) in [6, 6.07) is 16.6. The van der Waals surface area contributed by atoms with Crippen molar-refractivity contribution in [3.05, 3.63) is 81.3 Å². The number of thiophene rings is 1. The highest BCUT2D eigenvalue weighted by Crippen LogP contribution is 2.22. The van der Waals surface area contributed by atoms with Crippen molar-refractivity contribution in [2.24, 2.45) is 0 Å². The predicted molar refractivity (Wildman–Crippen MR) is 116 cm³/mol. The van der Waals surface area contributed by atoms with E-state index in [1.165, 1.54) is 11.3 Å². The molecule has 0 fully saturated rings. The topological polar surface area (TPSA) is 67.2 Å². The van der Waals surface area contributed by atoms with Crippen LogP contribution in [0.5, 0.6) is 0 Å². The van der Waals surface area contributed by atoms with E-state index < -0.39 is 0 Å². The molecule has 0 unspecified atom stereocenters. The average molecular weight is 428 g/mol. The van der Waals surface area contributed by atoms with Crippen LogP contribution in [-0.2, 0) is 6.42 Å². The fourth-order valence-corrected chi connectivity index (χ4v) is 3.64. The monoisotopic (exact) mass is 427 g/mol. The Balaban J connectivity index is 1.37. The number of nitrogens with one attached hydrogen (secondary N) is 2. The molecule has 0 bridgehead atoms.